The SMILES string of the molecule is Cc1cn(C)nc1-c1c(C)cc(C)c(=S)n1C. The highest BCUT2D eigenvalue weighted by Crippen LogP contribution is 2.25. The smallest absolute Gasteiger partial charge is 0.112 e. The Hall–Kier alpha value is -1.42. The van der Waals surface area contributed by atoms with E-state index in [1.165, 1.54) is 11.1 Å². The Bertz CT molecular complexity index is 635. The van der Waals surface area contributed by atoms with Crippen LogP contribution < -0.4 is 0 Å². The molecular formula is C13H17N3S. The van der Waals surface area contributed by atoms with E-state index in [1.54, 1.807) is 0 Å². The fourth-order valence-electron chi connectivity index (χ4n) is 2.27. The molecule has 0 N–H and O–H groups in total. The van der Waals surface area contributed by atoms with Crippen molar-refractivity contribution in [3.8, 4) is 11.4 Å². The molecule has 0 bridgehead atoms. The van der Waals surface area contributed by atoms with Gasteiger partial charge in [-0.05, 0) is 37.5 Å². The van der Waals surface area contributed by atoms with Crippen molar-refractivity contribution in [1.82, 2.24) is 14.3 Å². The molecule has 17 heavy (non-hydrogen) atoms. The molecular weight excluding hydrogens is 230 g/mol. The maximum Gasteiger partial charge on any atom is 0.112 e. The van der Waals surface area contributed by atoms with Crippen LogP contribution >= 0.6 is 12.2 Å². The lowest BCUT2D eigenvalue weighted by atomic mass is 10.1. The summed E-state index contributed by atoms with van der Waals surface area (Å²) in [5, 5.41) is 4.52. The largest absolute Gasteiger partial charge is 0.333 e. The van der Waals surface area contributed by atoms with Gasteiger partial charge in [-0.1, -0.05) is 18.3 Å². The molecule has 0 atom stereocenters. The quantitative estimate of drug-likeness (QED) is 0.723. The summed E-state index contributed by atoms with van der Waals surface area (Å²) in [5.41, 5.74) is 5.64. The van der Waals surface area contributed by atoms with Crippen LogP contribution in [0.5, 0.6) is 0 Å². The molecule has 0 aromatic carbocycles. The number of aromatic nitrogens is 3. The number of hydrogen-bond donors (Lipinski definition) is 0. The third-order valence-corrected chi connectivity index (χ3v) is 3.62. The van der Waals surface area contributed by atoms with Crippen LogP contribution in [-0.2, 0) is 14.1 Å². The van der Waals surface area contributed by atoms with Crippen molar-refractivity contribution in [2.45, 2.75) is 20.8 Å². The third kappa shape index (κ3) is 1.93. The highest BCUT2D eigenvalue weighted by molar-refractivity contribution is 7.71. The number of aryl methyl sites for hydroxylation is 4. The average Bonchev–Trinajstić information content (AvgIpc) is 2.55. The van der Waals surface area contributed by atoms with Crippen LogP contribution in [-0.4, -0.2) is 14.3 Å². The maximum absolute atomic E-state index is 5.42. The molecule has 0 aliphatic rings. The molecule has 0 saturated heterocycles. The lowest BCUT2D eigenvalue weighted by Crippen LogP contribution is -2.04. The lowest BCUT2D eigenvalue weighted by molar-refractivity contribution is 0.764. The second-order valence-electron chi connectivity index (χ2n) is 4.56. The Kier molecular flexibility index (Phi) is 2.91. The molecule has 2 rings (SSSR count). The van der Waals surface area contributed by atoms with Gasteiger partial charge in [-0.2, -0.15) is 5.10 Å². The zero-order chi connectivity index (χ0) is 12.7. The fourth-order valence-corrected chi connectivity index (χ4v) is 2.42. The van der Waals surface area contributed by atoms with E-state index in [2.05, 4.69) is 29.6 Å². The van der Waals surface area contributed by atoms with Gasteiger partial charge >= 0.3 is 0 Å². The molecule has 4 heteroatoms. The molecule has 2 aromatic heterocycles. The van der Waals surface area contributed by atoms with Gasteiger partial charge in [-0.15, -0.1) is 0 Å². The second-order valence-corrected chi connectivity index (χ2v) is 4.94. The molecule has 0 aliphatic carbocycles. The first-order valence-electron chi connectivity index (χ1n) is 5.59. The first-order chi connectivity index (χ1) is 7.91. The molecule has 2 aromatic rings. The normalized spacial score (nSPS) is 10.9. The van der Waals surface area contributed by atoms with Crippen LogP contribution in [0.15, 0.2) is 12.3 Å². The zero-order valence-electron chi connectivity index (χ0n) is 10.9. The number of rotatable bonds is 1. The standard InChI is InChI=1S/C13H17N3S/c1-8-6-9(2)13(17)16(5)12(8)11-10(3)7-15(4)14-11/h6-7H,1-5H3. The van der Waals surface area contributed by atoms with Gasteiger partial charge < -0.3 is 4.57 Å². The minimum atomic E-state index is 0.871. The molecule has 0 fully saturated rings. The van der Waals surface area contributed by atoms with Gasteiger partial charge in [-0.25, -0.2) is 0 Å². The molecule has 0 unspecified atom stereocenters. The molecule has 0 spiro atoms. The predicted molar refractivity (Wildman–Crippen MR) is 72.7 cm³/mol. The monoisotopic (exact) mass is 247 g/mol. The van der Waals surface area contributed by atoms with Gasteiger partial charge in [0, 0.05) is 20.3 Å². The molecule has 90 valence electrons. The molecule has 0 radical (unpaired) electrons. The number of nitrogens with zero attached hydrogens (tertiary/aromatic N) is 3. The second kappa shape index (κ2) is 4.11. The van der Waals surface area contributed by atoms with Crippen LogP contribution in [0.25, 0.3) is 11.4 Å². The van der Waals surface area contributed by atoms with Crippen molar-refractivity contribution < 1.29 is 0 Å². The maximum atomic E-state index is 5.42. The summed E-state index contributed by atoms with van der Waals surface area (Å²) in [6.07, 6.45) is 2.03. The Morgan fingerprint density at radius 2 is 1.71 bits per heavy atom. The summed E-state index contributed by atoms with van der Waals surface area (Å²) >= 11 is 5.42. The number of hydrogen-bond acceptors (Lipinski definition) is 2. The fraction of sp³-hybridized carbons (Fsp3) is 0.385. The topological polar surface area (TPSA) is 22.8 Å². The van der Waals surface area contributed by atoms with Gasteiger partial charge in [0.05, 0.1) is 5.69 Å². The van der Waals surface area contributed by atoms with E-state index in [1.807, 2.05) is 31.9 Å². The summed E-state index contributed by atoms with van der Waals surface area (Å²) in [4.78, 5) is 0. The Morgan fingerprint density at radius 1 is 1.06 bits per heavy atom. The summed E-state index contributed by atoms with van der Waals surface area (Å²) in [6.45, 7) is 6.22. The van der Waals surface area contributed by atoms with E-state index in [4.69, 9.17) is 12.2 Å². The first-order valence-corrected chi connectivity index (χ1v) is 6.00. The van der Waals surface area contributed by atoms with Crippen molar-refractivity contribution in [1.29, 1.82) is 0 Å². The van der Waals surface area contributed by atoms with E-state index in [0.29, 0.717) is 0 Å². The predicted octanol–water partition coefficient (Wildman–Crippen LogP) is 3.08. The number of pyridine rings is 1. The molecule has 0 amide bonds. The van der Waals surface area contributed by atoms with Gasteiger partial charge in [0.2, 0.25) is 0 Å². The minimum absolute atomic E-state index is 0.871. The van der Waals surface area contributed by atoms with Crippen LogP contribution in [0.3, 0.4) is 0 Å². The average molecular weight is 247 g/mol. The summed E-state index contributed by atoms with van der Waals surface area (Å²) < 4.78 is 4.76. The van der Waals surface area contributed by atoms with Crippen LogP contribution in [0.1, 0.15) is 16.7 Å². The Labute approximate surface area is 107 Å². The van der Waals surface area contributed by atoms with E-state index >= 15 is 0 Å². The lowest BCUT2D eigenvalue weighted by Gasteiger charge is -2.13. The van der Waals surface area contributed by atoms with Crippen LogP contribution in [0, 0.1) is 25.4 Å². The van der Waals surface area contributed by atoms with E-state index in [9.17, 15) is 0 Å². The zero-order valence-corrected chi connectivity index (χ0v) is 11.7. The molecule has 0 saturated carbocycles. The first kappa shape index (κ1) is 12.0. The van der Waals surface area contributed by atoms with Crippen LogP contribution in [0.4, 0.5) is 0 Å². The summed E-state index contributed by atoms with van der Waals surface area (Å²) in [5.74, 6) is 0. The molecule has 3 nitrogen and oxygen atoms in total. The van der Waals surface area contributed by atoms with Crippen molar-refractivity contribution in [3.63, 3.8) is 0 Å². The van der Waals surface area contributed by atoms with Crippen molar-refractivity contribution in [2.75, 3.05) is 0 Å². The van der Waals surface area contributed by atoms with Gasteiger partial charge in [0.1, 0.15) is 10.3 Å². The van der Waals surface area contributed by atoms with Gasteiger partial charge in [-0.3, -0.25) is 4.68 Å². The van der Waals surface area contributed by atoms with Crippen molar-refractivity contribution in [3.05, 3.63) is 33.6 Å². The summed E-state index contributed by atoms with van der Waals surface area (Å²) in [6, 6.07) is 2.13. The molecule has 0 aliphatic heterocycles. The Balaban J connectivity index is 2.81. The van der Waals surface area contributed by atoms with E-state index in [-0.39, 0.29) is 0 Å². The highest BCUT2D eigenvalue weighted by Gasteiger charge is 2.13. The Morgan fingerprint density at radius 3 is 2.24 bits per heavy atom. The highest BCUT2D eigenvalue weighted by atomic mass is 32.1. The van der Waals surface area contributed by atoms with E-state index < -0.39 is 0 Å². The van der Waals surface area contributed by atoms with Crippen molar-refractivity contribution in [2.24, 2.45) is 14.1 Å². The van der Waals surface area contributed by atoms with Gasteiger partial charge in [0.15, 0.2) is 0 Å². The third-order valence-electron chi connectivity index (χ3n) is 3.02. The van der Waals surface area contributed by atoms with Crippen molar-refractivity contribution >= 4 is 12.2 Å². The van der Waals surface area contributed by atoms with E-state index in [0.717, 1.165) is 21.6 Å². The minimum Gasteiger partial charge on any atom is -0.333 e. The van der Waals surface area contributed by atoms with Gasteiger partial charge in [0.25, 0.3) is 0 Å². The molecule has 2 heterocycles. The van der Waals surface area contributed by atoms with Crippen LogP contribution in [0.2, 0.25) is 0 Å². The summed E-state index contributed by atoms with van der Waals surface area (Å²) in [7, 11) is 3.94.